The van der Waals surface area contributed by atoms with Crippen molar-refractivity contribution in [2.24, 2.45) is 0 Å². The molecule has 2 aliphatic rings. The van der Waals surface area contributed by atoms with Crippen LogP contribution in [-0.4, -0.2) is 21.7 Å². The summed E-state index contributed by atoms with van der Waals surface area (Å²) in [5, 5.41) is 23.3. The van der Waals surface area contributed by atoms with E-state index in [0.29, 0.717) is 18.5 Å². The molecule has 0 aliphatic carbocycles. The predicted molar refractivity (Wildman–Crippen MR) is 92.3 cm³/mol. The molecule has 25 heavy (non-hydrogen) atoms. The van der Waals surface area contributed by atoms with E-state index in [2.05, 4.69) is 5.32 Å². The SMILES string of the molecule is CC1(C)c2ccc([N+](=O)[O-])cc2NC12OC=CC=C2CCCC(=O)O. The van der Waals surface area contributed by atoms with Crippen LogP contribution in [0.2, 0.25) is 0 Å². The average molecular weight is 344 g/mol. The van der Waals surface area contributed by atoms with Crippen molar-refractivity contribution in [3.63, 3.8) is 0 Å². The van der Waals surface area contributed by atoms with Crippen molar-refractivity contribution < 1.29 is 19.6 Å². The number of non-ortho nitro benzene ring substituents is 1. The molecule has 1 aromatic rings. The third-order valence-electron chi connectivity index (χ3n) is 4.99. The van der Waals surface area contributed by atoms with Crippen molar-refractivity contribution in [2.75, 3.05) is 5.32 Å². The molecule has 132 valence electrons. The molecule has 2 heterocycles. The van der Waals surface area contributed by atoms with E-state index in [9.17, 15) is 14.9 Å². The van der Waals surface area contributed by atoms with E-state index in [0.717, 1.165) is 11.1 Å². The molecule has 0 saturated heterocycles. The second kappa shape index (κ2) is 5.91. The van der Waals surface area contributed by atoms with Crippen LogP contribution in [0.3, 0.4) is 0 Å². The van der Waals surface area contributed by atoms with Crippen LogP contribution in [0, 0.1) is 10.1 Å². The van der Waals surface area contributed by atoms with E-state index in [4.69, 9.17) is 9.84 Å². The molecule has 0 amide bonds. The topological polar surface area (TPSA) is 102 Å². The maximum Gasteiger partial charge on any atom is 0.303 e. The summed E-state index contributed by atoms with van der Waals surface area (Å²) in [5.74, 6) is -0.834. The molecule has 0 bridgehead atoms. The molecule has 1 unspecified atom stereocenters. The fourth-order valence-corrected chi connectivity index (χ4v) is 3.67. The highest BCUT2D eigenvalue weighted by Gasteiger charge is 2.56. The van der Waals surface area contributed by atoms with Gasteiger partial charge in [-0.05, 0) is 50.0 Å². The lowest BCUT2D eigenvalue weighted by molar-refractivity contribution is -0.384. The number of anilines is 1. The first-order chi connectivity index (χ1) is 11.8. The van der Waals surface area contributed by atoms with Gasteiger partial charge >= 0.3 is 5.97 Å². The Labute approximate surface area is 145 Å². The standard InChI is InChI=1S/C18H20N2O5/c1-17(2)14-9-8-13(20(23)24)11-15(14)19-18(17)12(6-4-10-25-18)5-3-7-16(21)22/h4,6,8-11,19H,3,5,7H2,1-2H3,(H,21,22). The largest absolute Gasteiger partial charge is 0.481 e. The van der Waals surface area contributed by atoms with Crippen LogP contribution in [-0.2, 0) is 14.9 Å². The number of nitro benzene ring substituents is 1. The molecule has 2 aliphatic heterocycles. The van der Waals surface area contributed by atoms with Crippen LogP contribution in [0.25, 0.3) is 0 Å². The molecule has 7 heteroatoms. The number of aliphatic carboxylic acids is 1. The summed E-state index contributed by atoms with van der Waals surface area (Å²) in [7, 11) is 0. The smallest absolute Gasteiger partial charge is 0.303 e. The highest BCUT2D eigenvalue weighted by molar-refractivity contribution is 5.70. The summed E-state index contributed by atoms with van der Waals surface area (Å²) in [6, 6.07) is 4.77. The van der Waals surface area contributed by atoms with Gasteiger partial charge in [-0.3, -0.25) is 14.9 Å². The molecule has 0 saturated carbocycles. The summed E-state index contributed by atoms with van der Waals surface area (Å²) in [4.78, 5) is 21.5. The highest BCUT2D eigenvalue weighted by atomic mass is 16.6. The highest BCUT2D eigenvalue weighted by Crippen LogP contribution is 2.53. The number of fused-ring (bicyclic) bond motifs is 1. The van der Waals surface area contributed by atoms with Crippen LogP contribution >= 0.6 is 0 Å². The van der Waals surface area contributed by atoms with Gasteiger partial charge in [0.25, 0.3) is 5.69 Å². The Hall–Kier alpha value is -2.83. The Morgan fingerprint density at radius 1 is 1.40 bits per heavy atom. The number of hydrogen-bond donors (Lipinski definition) is 2. The first-order valence-corrected chi connectivity index (χ1v) is 8.11. The quantitative estimate of drug-likeness (QED) is 0.623. The normalized spacial score (nSPS) is 22.7. The maximum absolute atomic E-state index is 11.1. The third-order valence-corrected chi connectivity index (χ3v) is 4.99. The molecule has 0 radical (unpaired) electrons. The van der Waals surface area contributed by atoms with Gasteiger partial charge in [0.2, 0.25) is 5.72 Å². The van der Waals surface area contributed by atoms with E-state index in [1.165, 1.54) is 12.1 Å². The van der Waals surface area contributed by atoms with E-state index < -0.39 is 22.0 Å². The number of nitro groups is 1. The molecule has 2 N–H and O–H groups in total. The molecule has 7 nitrogen and oxygen atoms in total. The molecular formula is C18H20N2O5. The van der Waals surface area contributed by atoms with Crippen LogP contribution < -0.4 is 5.32 Å². The molecular weight excluding hydrogens is 324 g/mol. The fraction of sp³-hybridized carbons (Fsp3) is 0.389. The van der Waals surface area contributed by atoms with Gasteiger partial charge in [-0.1, -0.05) is 6.08 Å². The van der Waals surface area contributed by atoms with Gasteiger partial charge in [0.15, 0.2) is 0 Å². The minimum absolute atomic E-state index is 0.0156. The molecule has 1 spiro atoms. The second-order valence-corrected chi connectivity index (χ2v) is 6.80. The zero-order valence-electron chi connectivity index (χ0n) is 14.1. The molecule has 1 aromatic carbocycles. The molecule has 1 atom stereocenters. The minimum atomic E-state index is -0.877. The van der Waals surface area contributed by atoms with E-state index in [-0.39, 0.29) is 12.1 Å². The Morgan fingerprint density at radius 2 is 2.16 bits per heavy atom. The van der Waals surface area contributed by atoms with Gasteiger partial charge in [0.1, 0.15) is 0 Å². The molecule has 3 rings (SSSR count). The summed E-state index contributed by atoms with van der Waals surface area (Å²) in [6.45, 7) is 4.03. The van der Waals surface area contributed by atoms with Crippen molar-refractivity contribution in [3.8, 4) is 0 Å². The fourth-order valence-electron chi connectivity index (χ4n) is 3.67. The number of ether oxygens (including phenoxy) is 1. The van der Waals surface area contributed by atoms with Gasteiger partial charge < -0.3 is 15.2 Å². The lowest BCUT2D eigenvalue weighted by Gasteiger charge is -2.43. The lowest BCUT2D eigenvalue weighted by atomic mass is 9.72. The Bertz CT molecular complexity index is 797. The first kappa shape index (κ1) is 17.0. The van der Waals surface area contributed by atoms with Crippen molar-refractivity contribution in [3.05, 3.63) is 57.9 Å². The Balaban J connectivity index is 1.97. The predicted octanol–water partition coefficient (Wildman–Crippen LogP) is 3.72. The van der Waals surface area contributed by atoms with Gasteiger partial charge in [-0.15, -0.1) is 0 Å². The number of hydrogen-bond acceptors (Lipinski definition) is 5. The monoisotopic (exact) mass is 344 g/mol. The number of nitrogens with zero attached hydrogens (tertiary/aromatic N) is 1. The van der Waals surface area contributed by atoms with Crippen LogP contribution in [0.4, 0.5) is 11.4 Å². The summed E-state index contributed by atoms with van der Waals surface area (Å²) in [6.07, 6.45) is 6.44. The zero-order chi connectivity index (χ0) is 18.2. The summed E-state index contributed by atoms with van der Waals surface area (Å²) in [5.41, 5.74) is 1.17. The molecule has 0 aromatic heterocycles. The Morgan fingerprint density at radius 3 is 2.84 bits per heavy atom. The van der Waals surface area contributed by atoms with Gasteiger partial charge in [-0.2, -0.15) is 0 Å². The van der Waals surface area contributed by atoms with Crippen molar-refractivity contribution in [1.82, 2.24) is 0 Å². The number of benzene rings is 1. The van der Waals surface area contributed by atoms with Crippen LogP contribution in [0.15, 0.2) is 42.2 Å². The minimum Gasteiger partial charge on any atom is -0.481 e. The van der Waals surface area contributed by atoms with Crippen LogP contribution in [0.5, 0.6) is 0 Å². The Kier molecular flexibility index (Phi) is 4.02. The van der Waals surface area contributed by atoms with Crippen molar-refractivity contribution >= 4 is 17.3 Å². The van der Waals surface area contributed by atoms with Crippen molar-refractivity contribution in [2.45, 2.75) is 44.2 Å². The number of carboxylic acid groups (broad SMARTS) is 1. The first-order valence-electron chi connectivity index (χ1n) is 8.11. The van der Waals surface area contributed by atoms with E-state index in [1.54, 1.807) is 18.4 Å². The number of carboxylic acids is 1. The number of carbonyl (C=O) groups is 1. The second-order valence-electron chi connectivity index (χ2n) is 6.80. The maximum atomic E-state index is 11.1. The summed E-state index contributed by atoms with van der Waals surface area (Å²) < 4.78 is 6.02. The average Bonchev–Trinajstić information content (AvgIpc) is 2.76. The number of allylic oxidation sites excluding steroid dienone is 2. The summed E-state index contributed by atoms with van der Waals surface area (Å²) >= 11 is 0. The zero-order valence-corrected chi connectivity index (χ0v) is 14.1. The van der Waals surface area contributed by atoms with Gasteiger partial charge in [0, 0.05) is 24.2 Å². The van der Waals surface area contributed by atoms with Crippen molar-refractivity contribution in [1.29, 1.82) is 0 Å². The van der Waals surface area contributed by atoms with E-state index >= 15 is 0 Å². The third kappa shape index (κ3) is 2.65. The van der Waals surface area contributed by atoms with Gasteiger partial charge in [0.05, 0.1) is 16.6 Å². The van der Waals surface area contributed by atoms with Crippen LogP contribution in [0.1, 0.15) is 38.7 Å². The molecule has 0 fully saturated rings. The number of rotatable bonds is 5. The van der Waals surface area contributed by atoms with E-state index in [1.807, 2.05) is 19.9 Å². The van der Waals surface area contributed by atoms with Gasteiger partial charge in [-0.25, -0.2) is 0 Å². The lowest BCUT2D eigenvalue weighted by Crippen LogP contribution is -2.52. The number of nitrogens with one attached hydrogen (secondary N) is 1.